The predicted molar refractivity (Wildman–Crippen MR) is 104 cm³/mol. The zero-order valence-electron chi connectivity index (χ0n) is 16.3. The molecule has 9 heteroatoms. The molecule has 4 heterocycles. The van der Waals surface area contributed by atoms with E-state index in [4.69, 9.17) is 10.5 Å². The highest BCUT2D eigenvalue weighted by Gasteiger charge is 2.34. The number of ether oxygens (including phenoxy) is 1. The fourth-order valence-electron chi connectivity index (χ4n) is 4.12. The van der Waals surface area contributed by atoms with E-state index in [0.29, 0.717) is 62.7 Å². The molecule has 0 spiro atoms. The van der Waals surface area contributed by atoms with Crippen molar-refractivity contribution in [2.75, 3.05) is 51.7 Å². The van der Waals surface area contributed by atoms with Gasteiger partial charge in [-0.15, -0.1) is 0 Å². The summed E-state index contributed by atoms with van der Waals surface area (Å²) in [6.07, 6.45) is 3.51. The average molecular weight is 388 g/mol. The first-order valence-electron chi connectivity index (χ1n) is 9.88. The van der Waals surface area contributed by atoms with Gasteiger partial charge in [0.2, 0.25) is 0 Å². The Balaban J connectivity index is 1.46. The van der Waals surface area contributed by atoms with Crippen molar-refractivity contribution in [3.8, 4) is 0 Å². The lowest BCUT2D eigenvalue weighted by molar-refractivity contribution is -0.0389. The van der Waals surface area contributed by atoms with Crippen molar-refractivity contribution in [1.82, 2.24) is 24.4 Å². The largest absolute Gasteiger partial charge is 0.388 e. The molecule has 0 saturated carbocycles. The lowest BCUT2D eigenvalue weighted by Gasteiger charge is -2.35. The molecule has 28 heavy (non-hydrogen) atoms. The van der Waals surface area contributed by atoms with Gasteiger partial charge in [-0.25, -0.2) is 4.98 Å². The SMILES string of the molecule is Cc1cc2ncc(C(=O)N3CCC[C@](O)(CN4CCOCC4)CC3)c(N)n2n1. The van der Waals surface area contributed by atoms with Gasteiger partial charge in [0, 0.05) is 45.0 Å². The van der Waals surface area contributed by atoms with Crippen LogP contribution in [0, 0.1) is 6.92 Å². The number of aryl methyl sites for hydroxylation is 1. The van der Waals surface area contributed by atoms with Crippen LogP contribution in [-0.2, 0) is 4.74 Å². The van der Waals surface area contributed by atoms with E-state index >= 15 is 0 Å². The fourth-order valence-corrected chi connectivity index (χ4v) is 4.12. The fraction of sp³-hybridized carbons (Fsp3) is 0.632. The van der Waals surface area contributed by atoms with Crippen molar-refractivity contribution in [2.24, 2.45) is 0 Å². The lowest BCUT2D eigenvalue weighted by atomic mass is 9.94. The van der Waals surface area contributed by atoms with E-state index in [0.717, 1.165) is 25.2 Å². The summed E-state index contributed by atoms with van der Waals surface area (Å²) in [4.78, 5) is 21.4. The quantitative estimate of drug-likeness (QED) is 0.779. The second-order valence-corrected chi connectivity index (χ2v) is 7.87. The highest BCUT2D eigenvalue weighted by molar-refractivity contribution is 5.98. The summed E-state index contributed by atoms with van der Waals surface area (Å²) < 4.78 is 6.90. The Hall–Kier alpha value is -2.23. The van der Waals surface area contributed by atoms with E-state index in [2.05, 4.69) is 15.0 Å². The smallest absolute Gasteiger partial charge is 0.259 e. The Bertz CT molecular complexity index is 863. The second kappa shape index (κ2) is 7.65. The number of nitrogen functional groups attached to an aromatic ring is 1. The van der Waals surface area contributed by atoms with E-state index < -0.39 is 5.60 Å². The van der Waals surface area contributed by atoms with Crippen LogP contribution in [0.1, 0.15) is 35.3 Å². The van der Waals surface area contributed by atoms with Gasteiger partial charge in [0.15, 0.2) is 5.65 Å². The number of rotatable bonds is 3. The van der Waals surface area contributed by atoms with Gasteiger partial charge in [0.05, 0.1) is 24.5 Å². The van der Waals surface area contributed by atoms with Crippen LogP contribution in [0.25, 0.3) is 5.65 Å². The molecule has 0 unspecified atom stereocenters. The summed E-state index contributed by atoms with van der Waals surface area (Å²) in [7, 11) is 0. The van der Waals surface area contributed by atoms with Crippen LogP contribution < -0.4 is 5.73 Å². The highest BCUT2D eigenvalue weighted by Crippen LogP contribution is 2.26. The number of β-amino-alcohol motifs (C(OH)–C–C–N with tert-alkyl or cyclic N) is 1. The van der Waals surface area contributed by atoms with E-state index in [1.54, 1.807) is 4.90 Å². The third-order valence-electron chi connectivity index (χ3n) is 5.70. The first-order valence-corrected chi connectivity index (χ1v) is 9.88. The van der Waals surface area contributed by atoms with Gasteiger partial charge in [0.25, 0.3) is 5.91 Å². The van der Waals surface area contributed by atoms with Crippen molar-refractivity contribution in [3.05, 3.63) is 23.5 Å². The Labute approximate surface area is 164 Å². The molecular formula is C19H28N6O3. The Morgan fingerprint density at radius 3 is 2.86 bits per heavy atom. The van der Waals surface area contributed by atoms with Crippen molar-refractivity contribution >= 4 is 17.4 Å². The third-order valence-corrected chi connectivity index (χ3v) is 5.70. The number of nitrogens with zero attached hydrogens (tertiary/aromatic N) is 5. The number of aliphatic hydroxyl groups is 1. The topological polar surface area (TPSA) is 109 Å². The number of anilines is 1. The number of amides is 1. The first kappa shape index (κ1) is 19.1. The molecule has 0 aromatic carbocycles. The monoisotopic (exact) mass is 388 g/mol. The van der Waals surface area contributed by atoms with E-state index in [9.17, 15) is 9.90 Å². The number of likely N-dealkylation sites (tertiary alicyclic amines) is 1. The molecule has 2 fully saturated rings. The zero-order valence-corrected chi connectivity index (χ0v) is 16.3. The van der Waals surface area contributed by atoms with E-state index in [-0.39, 0.29) is 5.91 Å². The molecule has 2 aromatic rings. The molecule has 2 aliphatic heterocycles. The Morgan fingerprint density at radius 1 is 1.29 bits per heavy atom. The minimum atomic E-state index is -0.779. The van der Waals surface area contributed by atoms with Gasteiger partial charge >= 0.3 is 0 Å². The molecule has 2 aliphatic rings. The minimum Gasteiger partial charge on any atom is -0.388 e. The predicted octanol–water partition coefficient (Wildman–Crippen LogP) is 0.309. The number of hydrogen-bond donors (Lipinski definition) is 2. The first-order chi connectivity index (χ1) is 13.5. The van der Waals surface area contributed by atoms with Crippen LogP contribution in [0.2, 0.25) is 0 Å². The molecule has 0 radical (unpaired) electrons. The number of fused-ring (bicyclic) bond motifs is 1. The minimum absolute atomic E-state index is 0.157. The summed E-state index contributed by atoms with van der Waals surface area (Å²) in [5, 5.41) is 15.4. The van der Waals surface area contributed by atoms with Crippen molar-refractivity contribution < 1.29 is 14.6 Å². The van der Waals surface area contributed by atoms with Gasteiger partial charge in [-0.2, -0.15) is 9.61 Å². The number of carbonyl (C=O) groups excluding carboxylic acids is 1. The summed E-state index contributed by atoms with van der Waals surface area (Å²) in [5.74, 6) is 0.145. The standard InChI is InChI=1S/C19H28N6O3/c1-14-11-16-21-12-15(17(20)25(16)22-14)18(26)24-5-2-3-19(27,4-6-24)13-23-7-9-28-10-8-23/h11-12,27H,2-10,13,20H2,1H3/t19-/m1/s1. The maximum absolute atomic E-state index is 13.1. The van der Waals surface area contributed by atoms with Crippen LogP contribution in [-0.4, -0.2) is 87.0 Å². The number of hydrogen-bond acceptors (Lipinski definition) is 7. The van der Waals surface area contributed by atoms with Crippen LogP contribution in [0.4, 0.5) is 5.82 Å². The molecule has 0 bridgehead atoms. The maximum atomic E-state index is 13.1. The van der Waals surface area contributed by atoms with Gasteiger partial charge in [-0.3, -0.25) is 9.69 Å². The molecule has 0 aliphatic carbocycles. The van der Waals surface area contributed by atoms with Crippen LogP contribution >= 0.6 is 0 Å². The average Bonchev–Trinajstić information content (AvgIpc) is 2.95. The molecule has 1 amide bonds. The molecule has 2 saturated heterocycles. The number of aromatic nitrogens is 3. The van der Waals surface area contributed by atoms with Gasteiger partial charge in [-0.1, -0.05) is 0 Å². The number of morpholine rings is 1. The number of nitrogens with two attached hydrogens (primary N) is 1. The Kier molecular flexibility index (Phi) is 5.22. The normalized spacial score (nSPS) is 24.4. The third kappa shape index (κ3) is 3.82. The van der Waals surface area contributed by atoms with Crippen LogP contribution in [0.3, 0.4) is 0 Å². The van der Waals surface area contributed by atoms with Crippen molar-refractivity contribution in [3.63, 3.8) is 0 Å². The summed E-state index contributed by atoms with van der Waals surface area (Å²) in [5.41, 5.74) is 7.20. The summed E-state index contributed by atoms with van der Waals surface area (Å²) in [6.45, 7) is 6.69. The van der Waals surface area contributed by atoms with Crippen LogP contribution in [0.15, 0.2) is 12.3 Å². The van der Waals surface area contributed by atoms with Crippen molar-refractivity contribution in [2.45, 2.75) is 31.8 Å². The maximum Gasteiger partial charge on any atom is 0.259 e. The molecule has 1 atom stereocenters. The van der Waals surface area contributed by atoms with Gasteiger partial charge in [0.1, 0.15) is 11.4 Å². The molecule has 4 rings (SSSR count). The number of carbonyl (C=O) groups is 1. The van der Waals surface area contributed by atoms with Crippen molar-refractivity contribution in [1.29, 1.82) is 0 Å². The molecule has 152 valence electrons. The highest BCUT2D eigenvalue weighted by atomic mass is 16.5. The second-order valence-electron chi connectivity index (χ2n) is 7.87. The molecular weight excluding hydrogens is 360 g/mol. The van der Waals surface area contributed by atoms with Gasteiger partial charge < -0.3 is 20.5 Å². The van der Waals surface area contributed by atoms with E-state index in [1.807, 2.05) is 13.0 Å². The summed E-state index contributed by atoms with van der Waals surface area (Å²) in [6, 6.07) is 1.82. The molecule has 9 nitrogen and oxygen atoms in total. The summed E-state index contributed by atoms with van der Waals surface area (Å²) >= 11 is 0. The lowest BCUT2D eigenvalue weighted by Crippen LogP contribution is -2.48. The Morgan fingerprint density at radius 2 is 2.07 bits per heavy atom. The van der Waals surface area contributed by atoms with Gasteiger partial charge in [-0.05, 0) is 26.2 Å². The van der Waals surface area contributed by atoms with E-state index in [1.165, 1.54) is 10.7 Å². The molecule has 3 N–H and O–H groups in total. The van der Waals surface area contributed by atoms with Crippen LogP contribution in [0.5, 0.6) is 0 Å². The molecule has 2 aromatic heterocycles. The zero-order chi connectivity index (χ0) is 19.7.